The Morgan fingerprint density at radius 2 is 2.00 bits per heavy atom. The van der Waals surface area contributed by atoms with E-state index in [0.717, 1.165) is 31.6 Å². The van der Waals surface area contributed by atoms with Gasteiger partial charge in [-0.05, 0) is 30.7 Å². The van der Waals surface area contributed by atoms with Crippen LogP contribution in [0.25, 0.3) is 0 Å². The highest BCUT2D eigenvalue weighted by Crippen LogP contribution is 2.16. The molecule has 1 fully saturated rings. The molecule has 6 heteroatoms. The summed E-state index contributed by atoms with van der Waals surface area (Å²) in [6.45, 7) is 2.91. The van der Waals surface area contributed by atoms with Crippen molar-refractivity contribution in [2.45, 2.75) is 32.4 Å². The lowest BCUT2D eigenvalue weighted by Crippen LogP contribution is -2.44. The second kappa shape index (κ2) is 8.67. The lowest BCUT2D eigenvalue weighted by Gasteiger charge is -2.31. The van der Waals surface area contributed by atoms with E-state index in [1.165, 1.54) is 5.56 Å². The number of aliphatic hydroxyl groups excluding tert-OH is 1. The summed E-state index contributed by atoms with van der Waals surface area (Å²) in [6.07, 6.45) is 6.41. The molecule has 1 aromatic heterocycles. The summed E-state index contributed by atoms with van der Waals surface area (Å²) in [6, 6.07) is 10.3. The van der Waals surface area contributed by atoms with Gasteiger partial charge in [0.2, 0.25) is 0 Å². The van der Waals surface area contributed by atoms with Crippen molar-refractivity contribution in [1.29, 1.82) is 0 Å². The minimum absolute atomic E-state index is 0.0472. The lowest BCUT2D eigenvalue weighted by molar-refractivity contribution is 0.137. The molecule has 0 saturated carbocycles. The van der Waals surface area contributed by atoms with Gasteiger partial charge in [0, 0.05) is 38.6 Å². The van der Waals surface area contributed by atoms with Gasteiger partial charge in [-0.3, -0.25) is 0 Å². The number of likely N-dealkylation sites (tertiary alicyclic amines) is 1. The van der Waals surface area contributed by atoms with Crippen molar-refractivity contribution < 1.29 is 9.90 Å². The van der Waals surface area contributed by atoms with Crippen molar-refractivity contribution in [1.82, 2.24) is 19.8 Å². The standard InChI is InChI=1S/C19H26N4O2/c24-15-17-7-11-23(12-8-17)19(25)21-14-18-20-9-13-22(18)10-6-16-4-2-1-3-5-16/h1-5,9,13,17,24H,6-8,10-12,14-15H2,(H,21,25). The highest BCUT2D eigenvalue weighted by atomic mass is 16.3. The van der Waals surface area contributed by atoms with E-state index >= 15 is 0 Å². The Morgan fingerprint density at radius 3 is 2.72 bits per heavy atom. The average Bonchev–Trinajstić information content (AvgIpc) is 3.13. The molecule has 0 atom stereocenters. The van der Waals surface area contributed by atoms with Crippen LogP contribution in [0.15, 0.2) is 42.7 Å². The van der Waals surface area contributed by atoms with Gasteiger partial charge in [-0.15, -0.1) is 0 Å². The molecule has 2 amide bonds. The lowest BCUT2D eigenvalue weighted by atomic mass is 9.98. The molecular formula is C19H26N4O2. The number of nitrogens with one attached hydrogen (secondary N) is 1. The molecule has 0 bridgehead atoms. The molecule has 0 spiro atoms. The van der Waals surface area contributed by atoms with Gasteiger partial charge in [0.15, 0.2) is 0 Å². The molecule has 2 N–H and O–H groups in total. The summed E-state index contributed by atoms with van der Waals surface area (Å²) in [4.78, 5) is 18.5. The van der Waals surface area contributed by atoms with E-state index in [2.05, 4.69) is 27.0 Å². The summed E-state index contributed by atoms with van der Waals surface area (Å²) in [5.41, 5.74) is 1.29. The fraction of sp³-hybridized carbons (Fsp3) is 0.474. The van der Waals surface area contributed by atoms with Crippen LogP contribution < -0.4 is 5.32 Å². The maximum Gasteiger partial charge on any atom is 0.317 e. The SMILES string of the molecule is O=C(NCc1nccn1CCc1ccccc1)N1CCC(CO)CC1. The number of hydrogen-bond acceptors (Lipinski definition) is 3. The van der Waals surface area contributed by atoms with Crippen molar-refractivity contribution in [2.75, 3.05) is 19.7 Å². The first-order chi connectivity index (χ1) is 12.3. The van der Waals surface area contributed by atoms with Crippen LogP contribution in [-0.4, -0.2) is 45.3 Å². The first kappa shape index (κ1) is 17.5. The molecule has 1 aliphatic rings. The molecule has 1 aromatic carbocycles. The predicted octanol–water partition coefficient (Wildman–Crippen LogP) is 2.04. The van der Waals surface area contributed by atoms with E-state index in [1.807, 2.05) is 29.3 Å². The Morgan fingerprint density at radius 1 is 1.24 bits per heavy atom. The van der Waals surface area contributed by atoms with Crippen LogP contribution in [0.4, 0.5) is 4.79 Å². The number of carbonyl (C=O) groups is 1. The normalized spacial score (nSPS) is 15.3. The van der Waals surface area contributed by atoms with Crippen LogP contribution in [0.1, 0.15) is 24.2 Å². The summed E-state index contributed by atoms with van der Waals surface area (Å²) >= 11 is 0. The van der Waals surface area contributed by atoms with Gasteiger partial charge in [-0.1, -0.05) is 30.3 Å². The van der Waals surface area contributed by atoms with Crippen LogP contribution >= 0.6 is 0 Å². The second-order valence-corrected chi connectivity index (χ2v) is 6.54. The van der Waals surface area contributed by atoms with E-state index in [0.29, 0.717) is 25.6 Å². The van der Waals surface area contributed by atoms with Gasteiger partial charge in [0.1, 0.15) is 5.82 Å². The number of hydrogen-bond donors (Lipinski definition) is 2. The number of piperidine rings is 1. The van der Waals surface area contributed by atoms with Crippen molar-refractivity contribution in [2.24, 2.45) is 5.92 Å². The van der Waals surface area contributed by atoms with E-state index in [9.17, 15) is 9.90 Å². The number of rotatable bonds is 6. The fourth-order valence-corrected chi connectivity index (χ4v) is 3.19. The number of amides is 2. The van der Waals surface area contributed by atoms with Gasteiger partial charge < -0.3 is 19.9 Å². The van der Waals surface area contributed by atoms with Crippen molar-refractivity contribution in [3.63, 3.8) is 0 Å². The van der Waals surface area contributed by atoms with Gasteiger partial charge in [0.05, 0.1) is 6.54 Å². The number of benzene rings is 1. The highest BCUT2D eigenvalue weighted by molar-refractivity contribution is 5.74. The summed E-state index contributed by atoms with van der Waals surface area (Å²) in [5.74, 6) is 1.20. The third kappa shape index (κ3) is 4.82. The monoisotopic (exact) mass is 342 g/mol. The first-order valence-corrected chi connectivity index (χ1v) is 8.94. The topological polar surface area (TPSA) is 70.4 Å². The second-order valence-electron chi connectivity index (χ2n) is 6.54. The van der Waals surface area contributed by atoms with Crippen LogP contribution in [-0.2, 0) is 19.5 Å². The average molecular weight is 342 g/mol. The van der Waals surface area contributed by atoms with Gasteiger partial charge in [-0.25, -0.2) is 9.78 Å². The molecule has 3 rings (SSSR count). The number of aromatic nitrogens is 2. The number of aliphatic hydroxyl groups is 1. The molecule has 2 heterocycles. The Hall–Kier alpha value is -2.34. The molecule has 25 heavy (non-hydrogen) atoms. The van der Waals surface area contributed by atoms with Crippen LogP contribution in [0.2, 0.25) is 0 Å². The first-order valence-electron chi connectivity index (χ1n) is 8.94. The third-order valence-corrected chi connectivity index (χ3v) is 4.84. The fourth-order valence-electron chi connectivity index (χ4n) is 3.19. The molecular weight excluding hydrogens is 316 g/mol. The van der Waals surface area contributed by atoms with E-state index in [1.54, 1.807) is 6.20 Å². The maximum absolute atomic E-state index is 12.3. The minimum atomic E-state index is -0.0472. The maximum atomic E-state index is 12.3. The predicted molar refractivity (Wildman–Crippen MR) is 96.0 cm³/mol. The molecule has 1 aliphatic heterocycles. The minimum Gasteiger partial charge on any atom is -0.396 e. The quantitative estimate of drug-likeness (QED) is 0.844. The number of aryl methyl sites for hydroxylation is 2. The van der Waals surface area contributed by atoms with Gasteiger partial charge >= 0.3 is 6.03 Å². The molecule has 134 valence electrons. The van der Waals surface area contributed by atoms with Crippen molar-refractivity contribution in [3.05, 3.63) is 54.1 Å². The van der Waals surface area contributed by atoms with E-state index < -0.39 is 0 Å². The molecule has 1 saturated heterocycles. The van der Waals surface area contributed by atoms with Crippen molar-refractivity contribution >= 4 is 6.03 Å². The molecule has 0 radical (unpaired) electrons. The largest absolute Gasteiger partial charge is 0.396 e. The summed E-state index contributed by atoms with van der Waals surface area (Å²) in [7, 11) is 0. The number of imidazole rings is 1. The summed E-state index contributed by atoms with van der Waals surface area (Å²) in [5, 5.41) is 12.1. The zero-order valence-corrected chi connectivity index (χ0v) is 14.5. The number of urea groups is 1. The Balaban J connectivity index is 1.47. The highest BCUT2D eigenvalue weighted by Gasteiger charge is 2.22. The zero-order valence-electron chi connectivity index (χ0n) is 14.5. The number of nitrogens with zero attached hydrogens (tertiary/aromatic N) is 3. The van der Waals surface area contributed by atoms with Crippen LogP contribution in [0.3, 0.4) is 0 Å². The van der Waals surface area contributed by atoms with Crippen LogP contribution in [0, 0.1) is 5.92 Å². The number of carbonyl (C=O) groups excluding carboxylic acids is 1. The van der Waals surface area contributed by atoms with Crippen molar-refractivity contribution in [3.8, 4) is 0 Å². The van der Waals surface area contributed by atoms with Crippen LogP contribution in [0.5, 0.6) is 0 Å². The van der Waals surface area contributed by atoms with E-state index in [-0.39, 0.29) is 12.6 Å². The van der Waals surface area contributed by atoms with Gasteiger partial charge in [0.25, 0.3) is 0 Å². The molecule has 0 unspecified atom stereocenters. The smallest absolute Gasteiger partial charge is 0.317 e. The summed E-state index contributed by atoms with van der Waals surface area (Å²) < 4.78 is 2.09. The molecule has 6 nitrogen and oxygen atoms in total. The third-order valence-electron chi connectivity index (χ3n) is 4.84. The van der Waals surface area contributed by atoms with E-state index in [4.69, 9.17) is 0 Å². The Bertz CT molecular complexity index is 663. The Labute approximate surface area is 148 Å². The Kier molecular flexibility index (Phi) is 6.06. The molecule has 2 aromatic rings. The zero-order chi connectivity index (χ0) is 17.5. The van der Waals surface area contributed by atoms with Gasteiger partial charge in [-0.2, -0.15) is 0 Å². The molecule has 0 aliphatic carbocycles.